The topological polar surface area (TPSA) is 66.4 Å². The van der Waals surface area contributed by atoms with Crippen LogP contribution in [0.3, 0.4) is 0 Å². The average Bonchev–Trinajstić information content (AvgIpc) is 2.87. The molecule has 2 aromatic rings. The van der Waals surface area contributed by atoms with E-state index < -0.39 is 16.1 Å². The minimum absolute atomic E-state index is 0.161. The van der Waals surface area contributed by atoms with Gasteiger partial charge in [-0.05, 0) is 24.1 Å². The summed E-state index contributed by atoms with van der Waals surface area (Å²) in [4.78, 5) is 0. The summed E-state index contributed by atoms with van der Waals surface area (Å²) in [5, 5.41) is 9.94. The van der Waals surface area contributed by atoms with Gasteiger partial charge < -0.3 is 5.11 Å². The zero-order valence-electron chi connectivity index (χ0n) is 10.5. The highest BCUT2D eigenvalue weighted by molar-refractivity contribution is 7.91. The molecule has 1 unspecified atom stereocenters. The molecule has 0 amide bonds. The van der Waals surface area contributed by atoms with Crippen LogP contribution >= 0.6 is 22.9 Å². The van der Waals surface area contributed by atoms with Crippen LogP contribution in [0.25, 0.3) is 0 Å². The van der Waals surface area contributed by atoms with Crippen molar-refractivity contribution in [2.75, 3.05) is 6.54 Å². The van der Waals surface area contributed by atoms with Gasteiger partial charge in [0.05, 0.1) is 10.4 Å². The van der Waals surface area contributed by atoms with E-state index >= 15 is 0 Å². The van der Waals surface area contributed by atoms with Gasteiger partial charge in [0.1, 0.15) is 4.21 Å². The van der Waals surface area contributed by atoms with Crippen molar-refractivity contribution in [1.29, 1.82) is 0 Å². The molecule has 0 saturated heterocycles. The van der Waals surface area contributed by atoms with Gasteiger partial charge in [-0.25, -0.2) is 13.1 Å². The van der Waals surface area contributed by atoms with Crippen molar-refractivity contribution in [2.24, 2.45) is 0 Å². The molecule has 0 bridgehead atoms. The highest BCUT2D eigenvalue weighted by atomic mass is 35.5. The number of nitrogens with one attached hydrogen (secondary N) is 1. The molecule has 2 N–H and O–H groups in total. The second-order valence-corrected chi connectivity index (χ2v) is 7.88. The van der Waals surface area contributed by atoms with Gasteiger partial charge in [-0.3, -0.25) is 0 Å². The predicted octanol–water partition coefficient (Wildman–Crippen LogP) is 2.80. The summed E-state index contributed by atoms with van der Waals surface area (Å²) < 4.78 is 26.9. The van der Waals surface area contributed by atoms with E-state index in [1.807, 2.05) is 18.2 Å². The van der Waals surface area contributed by atoms with E-state index in [0.717, 1.165) is 16.9 Å². The van der Waals surface area contributed by atoms with E-state index in [2.05, 4.69) is 4.72 Å². The van der Waals surface area contributed by atoms with Crippen molar-refractivity contribution in [3.05, 3.63) is 52.4 Å². The highest BCUT2D eigenvalue weighted by Gasteiger charge is 2.17. The first-order valence-electron chi connectivity index (χ1n) is 5.97. The molecule has 4 nitrogen and oxygen atoms in total. The molecular formula is C13H14ClNO3S2. The third-order valence-corrected chi connectivity index (χ3v) is 5.89. The van der Waals surface area contributed by atoms with Crippen LogP contribution in [0.1, 0.15) is 18.1 Å². The number of benzene rings is 1. The average molecular weight is 332 g/mol. The summed E-state index contributed by atoms with van der Waals surface area (Å²) >= 11 is 6.72. The lowest BCUT2D eigenvalue weighted by atomic mass is 10.1. The van der Waals surface area contributed by atoms with Gasteiger partial charge in [-0.15, -0.1) is 11.3 Å². The third kappa shape index (κ3) is 4.04. The molecular weight excluding hydrogens is 318 g/mol. The van der Waals surface area contributed by atoms with Crippen molar-refractivity contribution in [3.8, 4) is 0 Å². The smallest absolute Gasteiger partial charge is 0.250 e. The van der Waals surface area contributed by atoms with Crippen LogP contribution in [0.5, 0.6) is 0 Å². The summed E-state index contributed by atoms with van der Waals surface area (Å²) in [5.74, 6) is 0. The molecule has 0 aliphatic carbocycles. The monoisotopic (exact) mass is 331 g/mol. The Morgan fingerprint density at radius 1 is 1.20 bits per heavy atom. The zero-order valence-corrected chi connectivity index (χ0v) is 12.9. The Morgan fingerprint density at radius 2 is 1.90 bits per heavy atom. The first-order valence-corrected chi connectivity index (χ1v) is 8.65. The maximum absolute atomic E-state index is 11.9. The van der Waals surface area contributed by atoms with Crippen LogP contribution in [0.4, 0.5) is 0 Å². The fraction of sp³-hybridized carbons (Fsp3) is 0.231. The fourth-order valence-electron chi connectivity index (χ4n) is 1.69. The van der Waals surface area contributed by atoms with Crippen molar-refractivity contribution in [2.45, 2.75) is 16.7 Å². The van der Waals surface area contributed by atoms with Crippen LogP contribution in [0.2, 0.25) is 4.34 Å². The largest absolute Gasteiger partial charge is 0.388 e. The molecule has 0 radical (unpaired) electrons. The molecule has 108 valence electrons. The van der Waals surface area contributed by atoms with Crippen LogP contribution in [-0.2, 0) is 10.0 Å². The van der Waals surface area contributed by atoms with Gasteiger partial charge in [-0.1, -0.05) is 41.9 Å². The fourth-order valence-corrected chi connectivity index (χ4v) is 4.26. The van der Waals surface area contributed by atoms with E-state index in [0.29, 0.717) is 10.8 Å². The first-order chi connectivity index (χ1) is 9.49. The maximum atomic E-state index is 11.9. The number of aliphatic hydroxyl groups is 1. The standard InChI is InChI=1S/C13H14ClNO3S2/c14-12-6-7-13(19-12)20(17,18)15-9-8-11(16)10-4-2-1-3-5-10/h1-7,11,15-16H,8-9H2. The molecule has 1 heterocycles. The number of thiophene rings is 1. The van der Waals surface area contributed by atoms with E-state index in [4.69, 9.17) is 11.6 Å². The first kappa shape index (κ1) is 15.5. The number of hydrogen-bond donors (Lipinski definition) is 2. The molecule has 1 aromatic carbocycles. The van der Waals surface area contributed by atoms with Gasteiger partial charge in [0.15, 0.2) is 0 Å². The molecule has 20 heavy (non-hydrogen) atoms. The zero-order chi connectivity index (χ0) is 14.6. The molecule has 7 heteroatoms. The van der Waals surface area contributed by atoms with Crippen molar-refractivity contribution >= 4 is 33.0 Å². The number of hydrogen-bond acceptors (Lipinski definition) is 4. The van der Waals surface area contributed by atoms with Crippen LogP contribution in [0, 0.1) is 0 Å². The molecule has 0 saturated carbocycles. The van der Waals surface area contributed by atoms with Crippen LogP contribution < -0.4 is 4.72 Å². The predicted molar refractivity (Wildman–Crippen MR) is 80.5 cm³/mol. The Morgan fingerprint density at radius 3 is 2.50 bits per heavy atom. The number of halogens is 1. The Bertz CT molecular complexity index is 655. The third-order valence-electron chi connectivity index (χ3n) is 2.71. The Kier molecular flexibility index (Phi) is 5.17. The van der Waals surface area contributed by atoms with Gasteiger partial charge in [0, 0.05) is 6.54 Å². The second-order valence-electron chi connectivity index (χ2n) is 4.17. The Hall–Kier alpha value is -0.920. The molecule has 1 atom stereocenters. The Balaban J connectivity index is 1.90. The van der Waals surface area contributed by atoms with Gasteiger partial charge in [-0.2, -0.15) is 0 Å². The lowest BCUT2D eigenvalue weighted by Gasteiger charge is -2.11. The van der Waals surface area contributed by atoms with Gasteiger partial charge in [0.2, 0.25) is 10.0 Å². The molecule has 1 aromatic heterocycles. The summed E-state index contributed by atoms with van der Waals surface area (Å²) in [7, 11) is -3.54. The molecule has 0 fully saturated rings. The van der Waals surface area contributed by atoms with E-state index in [9.17, 15) is 13.5 Å². The molecule has 2 rings (SSSR count). The minimum Gasteiger partial charge on any atom is -0.388 e. The van der Waals surface area contributed by atoms with Crippen molar-refractivity contribution in [3.63, 3.8) is 0 Å². The SMILES string of the molecule is O=S(=O)(NCCC(O)c1ccccc1)c1ccc(Cl)s1. The van der Waals surface area contributed by atoms with Crippen molar-refractivity contribution < 1.29 is 13.5 Å². The van der Waals surface area contributed by atoms with Crippen molar-refractivity contribution in [1.82, 2.24) is 4.72 Å². The quantitative estimate of drug-likeness (QED) is 0.855. The lowest BCUT2D eigenvalue weighted by Crippen LogP contribution is -2.25. The van der Waals surface area contributed by atoms with E-state index in [-0.39, 0.29) is 10.8 Å². The summed E-state index contributed by atoms with van der Waals surface area (Å²) in [5.41, 5.74) is 0.769. The van der Waals surface area contributed by atoms with Gasteiger partial charge >= 0.3 is 0 Å². The number of rotatable bonds is 6. The molecule has 0 aliphatic heterocycles. The summed E-state index contributed by atoms with van der Waals surface area (Å²) in [6.45, 7) is 0.161. The highest BCUT2D eigenvalue weighted by Crippen LogP contribution is 2.25. The van der Waals surface area contributed by atoms with Gasteiger partial charge in [0.25, 0.3) is 0 Å². The van der Waals surface area contributed by atoms with E-state index in [1.165, 1.54) is 6.07 Å². The van der Waals surface area contributed by atoms with Crippen LogP contribution in [0.15, 0.2) is 46.7 Å². The maximum Gasteiger partial charge on any atom is 0.250 e. The lowest BCUT2D eigenvalue weighted by molar-refractivity contribution is 0.169. The van der Waals surface area contributed by atoms with Crippen LogP contribution in [-0.4, -0.2) is 20.1 Å². The second kappa shape index (κ2) is 6.69. The number of aliphatic hydroxyl groups excluding tert-OH is 1. The number of sulfonamides is 1. The summed E-state index contributed by atoms with van der Waals surface area (Å²) in [6, 6.07) is 12.1. The summed E-state index contributed by atoms with van der Waals surface area (Å²) in [6.07, 6.45) is -0.381. The van der Waals surface area contributed by atoms with E-state index in [1.54, 1.807) is 18.2 Å². The minimum atomic E-state index is -3.54. The molecule has 0 spiro atoms. The Labute approximate surface area is 127 Å². The normalized spacial score (nSPS) is 13.3. The molecule has 0 aliphatic rings.